The Morgan fingerprint density at radius 1 is 1.00 bits per heavy atom. The minimum absolute atomic E-state index is 0.101. The standard InChI is InChI=1S/C20H14O3/c1-22-15-9-10-17-18(12-15)23-19(20(17)21)11-14-7-4-6-13-5-2-3-8-16(13)14/h2-12H,1H3/b19-11+. The van der Waals surface area contributed by atoms with Crippen LogP contribution < -0.4 is 9.47 Å². The van der Waals surface area contributed by atoms with Crippen molar-refractivity contribution in [2.75, 3.05) is 7.11 Å². The maximum Gasteiger partial charge on any atom is 0.231 e. The van der Waals surface area contributed by atoms with E-state index in [2.05, 4.69) is 0 Å². The third kappa shape index (κ3) is 2.27. The van der Waals surface area contributed by atoms with Crippen LogP contribution in [0.3, 0.4) is 0 Å². The number of fused-ring (bicyclic) bond motifs is 2. The molecule has 1 aliphatic heterocycles. The number of rotatable bonds is 2. The van der Waals surface area contributed by atoms with Crippen molar-refractivity contribution in [1.82, 2.24) is 0 Å². The van der Waals surface area contributed by atoms with Gasteiger partial charge in [0.2, 0.25) is 5.78 Å². The van der Waals surface area contributed by atoms with Gasteiger partial charge in [0.25, 0.3) is 0 Å². The third-order valence-corrected chi connectivity index (χ3v) is 3.99. The first-order valence-corrected chi connectivity index (χ1v) is 7.36. The van der Waals surface area contributed by atoms with Gasteiger partial charge in [-0.3, -0.25) is 4.79 Å². The monoisotopic (exact) mass is 302 g/mol. The smallest absolute Gasteiger partial charge is 0.231 e. The number of hydrogen-bond donors (Lipinski definition) is 0. The minimum atomic E-state index is -0.101. The number of hydrogen-bond acceptors (Lipinski definition) is 3. The van der Waals surface area contributed by atoms with Gasteiger partial charge >= 0.3 is 0 Å². The predicted octanol–water partition coefficient (Wildman–Crippen LogP) is 4.46. The van der Waals surface area contributed by atoms with Gasteiger partial charge in [0, 0.05) is 6.07 Å². The fourth-order valence-electron chi connectivity index (χ4n) is 2.81. The van der Waals surface area contributed by atoms with Gasteiger partial charge in [-0.15, -0.1) is 0 Å². The second-order valence-corrected chi connectivity index (χ2v) is 5.37. The zero-order chi connectivity index (χ0) is 15.8. The molecule has 0 saturated heterocycles. The van der Waals surface area contributed by atoms with Crippen molar-refractivity contribution in [2.45, 2.75) is 0 Å². The zero-order valence-corrected chi connectivity index (χ0v) is 12.6. The van der Waals surface area contributed by atoms with E-state index in [4.69, 9.17) is 9.47 Å². The van der Waals surface area contributed by atoms with Gasteiger partial charge in [0.15, 0.2) is 5.76 Å². The van der Waals surface area contributed by atoms with E-state index < -0.39 is 0 Å². The average molecular weight is 302 g/mol. The lowest BCUT2D eigenvalue weighted by Crippen LogP contribution is -1.98. The summed E-state index contributed by atoms with van der Waals surface area (Å²) in [5.74, 6) is 1.45. The Kier molecular flexibility index (Phi) is 3.12. The topological polar surface area (TPSA) is 35.5 Å². The van der Waals surface area contributed by atoms with Crippen LogP contribution in [-0.4, -0.2) is 12.9 Å². The van der Waals surface area contributed by atoms with Crippen LogP contribution in [0.1, 0.15) is 15.9 Å². The molecule has 0 bridgehead atoms. The molecule has 0 aliphatic carbocycles. The second-order valence-electron chi connectivity index (χ2n) is 5.37. The molecule has 1 aliphatic rings. The Morgan fingerprint density at radius 3 is 2.70 bits per heavy atom. The molecule has 1 heterocycles. The quantitative estimate of drug-likeness (QED) is 0.655. The van der Waals surface area contributed by atoms with E-state index in [9.17, 15) is 4.79 Å². The normalized spacial score (nSPS) is 14.8. The van der Waals surface area contributed by atoms with Gasteiger partial charge in [-0.2, -0.15) is 0 Å². The Bertz CT molecular complexity index is 949. The maximum absolute atomic E-state index is 12.5. The van der Waals surface area contributed by atoms with Gasteiger partial charge in [-0.25, -0.2) is 0 Å². The van der Waals surface area contributed by atoms with Crippen LogP contribution in [0.4, 0.5) is 0 Å². The van der Waals surface area contributed by atoms with Crippen molar-refractivity contribution in [3.05, 3.63) is 77.5 Å². The van der Waals surface area contributed by atoms with Crippen LogP contribution in [0.2, 0.25) is 0 Å². The number of benzene rings is 3. The largest absolute Gasteiger partial charge is 0.497 e. The molecule has 0 atom stereocenters. The fraction of sp³-hybridized carbons (Fsp3) is 0.0500. The number of methoxy groups -OCH3 is 1. The molecule has 0 unspecified atom stereocenters. The van der Waals surface area contributed by atoms with Gasteiger partial charge in [-0.1, -0.05) is 42.5 Å². The molecule has 0 aromatic heterocycles. The van der Waals surface area contributed by atoms with Crippen LogP contribution in [0.25, 0.3) is 16.8 Å². The summed E-state index contributed by atoms with van der Waals surface area (Å²) in [6.45, 7) is 0. The molecule has 0 spiro atoms. The van der Waals surface area contributed by atoms with Crippen molar-refractivity contribution in [1.29, 1.82) is 0 Å². The van der Waals surface area contributed by atoms with Gasteiger partial charge in [-0.05, 0) is 34.5 Å². The highest BCUT2D eigenvalue weighted by atomic mass is 16.5. The van der Waals surface area contributed by atoms with E-state index >= 15 is 0 Å². The molecule has 0 N–H and O–H groups in total. The third-order valence-electron chi connectivity index (χ3n) is 3.99. The summed E-state index contributed by atoms with van der Waals surface area (Å²) in [6, 6.07) is 19.3. The summed E-state index contributed by atoms with van der Waals surface area (Å²) in [5, 5.41) is 2.22. The van der Waals surface area contributed by atoms with Crippen molar-refractivity contribution < 1.29 is 14.3 Å². The fourth-order valence-corrected chi connectivity index (χ4v) is 2.81. The molecule has 3 aromatic rings. The molecule has 23 heavy (non-hydrogen) atoms. The van der Waals surface area contributed by atoms with Crippen LogP contribution in [-0.2, 0) is 0 Å². The van der Waals surface area contributed by atoms with E-state index in [1.54, 1.807) is 31.4 Å². The molecular formula is C20H14O3. The summed E-state index contributed by atoms with van der Waals surface area (Å²) in [7, 11) is 1.59. The van der Waals surface area contributed by atoms with E-state index in [1.165, 1.54) is 0 Å². The molecule has 3 aromatic carbocycles. The molecule has 4 rings (SSSR count). The van der Waals surface area contributed by atoms with E-state index in [0.29, 0.717) is 22.8 Å². The van der Waals surface area contributed by atoms with Crippen LogP contribution in [0.15, 0.2) is 66.4 Å². The molecule has 0 amide bonds. The van der Waals surface area contributed by atoms with E-state index in [0.717, 1.165) is 16.3 Å². The lowest BCUT2D eigenvalue weighted by molar-refractivity contribution is 0.101. The highest BCUT2D eigenvalue weighted by Crippen LogP contribution is 2.35. The van der Waals surface area contributed by atoms with Crippen molar-refractivity contribution in [3.8, 4) is 11.5 Å². The molecular weight excluding hydrogens is 288 g/mol. The summed E-state index contributed by atoms with van der Waals surface area (Å²) in [5.41, 5.74) is 1.53. The second kappa shape index (κ2) is 5.29. The SMILES string of the molecule is COc1ccc2c(c1)O/C(=C/c1cccc3ccccc13)C2=O. The maximum atomic E-state index is 12.5. The lowest BCUT2D eigenvalue weighted by Gasteiger charge is -2.03. The first kappa shape index (κ1) is 13.6. The Hall–Kier alpha value is -3.07. The van der Waals surface area contributed by atoms with Crippen molar-refractivity contribution in [3.63, 3.8) is 0 Å². The number of ether oxygens (including phenoxy) is 2. The van der Waals surface area contributed by atoms with Crippen LogP contribution in [0, 0.1) is 0 Å². The van der Waals surface area contributed by atoms with Crippen LogP contribution in [0.5, 0.6) is 11.5 Å². The number of ketones is 1. The number of carbonyl (C=O) groups excluding carboxylic acids is 1. The summed E-state index contributed by atoms with van der Waals surface area (Å²) >= 11 is 0. The summed E-state index contributed by atoms with van der Waals surface area (Å²) in [6.07, 6.45) is 1.80. The zero-order valence-electron chi connectivity index (χ0n) is 12.6. The number of carbonyl (C=O) groups is 1. The van der Waals surface area contributed by atoms with Gasteiger partial charge in [0.05, 0.1) is 12.7 Å². The summed E-state index contributed by atoms with van der Waals surface area (Å²) in [4.78, 5) is 12.5. The Labute approximate surface area is 133 Å². The number of allylic oxidation sites excluding steroid dienone is 1. The molecule has 3 nitrogen and oxygen atoms in total. The van der Waals surface area contributed by atoms with E-state index in [-0.39, 0.29) is 5.78 Å². The molecule has 112 valence electrons. The highest BCUT2D eigenvalue weighted by molar-refractivity contribution is 6.15. The predicted molar refractivity (Wildman–Crippen MR) is 89.9 cm³/mol. The highest BCUT2D eigenvalue weighted by Gasteiger charge is 2.27. The van der Waals surface area contributed by atoms with Crippen LogP contribution >= 0.6 is 0 Å². The Morgan fingerprint density at radius 2 is 1.83 bits per heavy atom. The first-order valence-electron chi connectivity index (χ1n) is 7.36. The molecule has 0 fully saturated rings. The number of Topliss-reactive ketones (excluding diaryl/α,β-unsaturated/α-hetero) is 1. The molecule has 3 heteroatoms. The van der Waals surface area contributed by atoms with E-state index in [1.807, 2.05) is 42.5 Å². The first-order chi connectivity index (χ1) is 11.3. The van der Waals surface area contributed by atoms with Gasteiger partial charge < -0.3 is 9.47 Å². The van der Waals surface area contributed by atoms with Gasteiger partial charge in [0.1, 0.15) is 11.5 Å². The minimum Gasteiger partial charge on any atom is -0.497 e. The molecule has 0 saturated carbocycles. The van der Waals surface area contributed by atoms with Crippen molar-refractivity contribution in [2.24, 2.45) is 0 Å². The Balaban J connectivity index is 1.79. The molecule has 0 radical (unpaired) electrons. The van der Waals surface area contributed by atoms with Crippen molar-refractivity contribution >= 4 is 22.6 Å². The average Bonchev–Trinajstić information content (AvgIpc) is 2.90. The summed E-state index contributed by atoms with van der Waals surface area (Å²) < 4.78 is 10.9. The lowest BCUT2D eigenvalue weighted by atomic mass is 10.0.